The van der Waals surface area contributed by atoms with Crippen LogP contribution in [0.3, 0.4) is 0 Å². The molecule has 29 heavy (non-hydrogen) atoms. The predicted molar refractivity (Wildman–Crippen MR) is 133 cm³/mol. The number of nitrogens with zero attached hydrogens (tertiary/aromatic N) is 4. The van der Waals surface area contributed by atoms with Gasteiger partial charge in [-0.1, -0.05) is 24.3 Å². The van der Waals surface area contributed by atoms with E-state index in [1.54, 1.807) is 0 Å². The molecule has 3 aliphatic rings. The average Bonchev–Trinajstić information content (AvgIpc) is 3.48. The lowest BCUT2D eigenvalue weighted by Gasteiger charge is -2.23. The molecule has 1 atom stereocenters. The predicted octanol–water partition coefficient (Wildman–Crippen LogP) is 3.56. The minimum absolute atomic E-state index is 0. The number of anilines is 1. The van der Waals surface area contributed by atoms with E-state index in [0.29, 0.717) is 0 Å². The third-order valence-electron chi connectivity index (χ3n) is 6.17. The Balaban J connectivity index is 0.00000240. The maximum Gasteiger partial charge on any atom is 0.194 e. The second kappa shape index (κ2) is 11.2. The normalized spacial score (nSPS) is 22.4. The fourth-order valence-corrected chi connectivity index (χ4v) is 4.60. The Morgan fingerprint density at radius 2 is 1.79 bits per heavy atom. The first-order chi connectivity index (χ1) is 13.8. The maximum atomic E-state index is 4.95. The summed E-state index contributed by atoms with van der Waals surface area (Å²) in [6, 6.07) is 8.90. The van der Waals surface area contributed by atoms with Crippen LogP contribution in [-0.2, 0) is 6.54 Å². The lowest BCUT2D eigenvalue weighted by atomic mass is 10.1. The van der Waals surface area contributed by atoms with E-state index in [-0.39, 0.29) is 24.0 Å². The quantitative estimate of drug-likeness (QED) is 0.275. The molecule has 1 aromatic rings. The minimum Gasteiger partial charge on any atom is -0.364 e. The molecular weight excluding hydrogens is 473 g/mol. The van der Waals surface area contributed by atoms with Crippen molar-refractivity contribution in [3.63, 3.8) is 0 Å². The van der Waals surface area contributed by atoms with Crippen LogP contribution >= 0.6 is 24.0 Å². The number of guanidine groups is 1. The van der Waals surface area contributed by atoms with Crippen LogP contribution in [0.5, 0.6) is 0 Å². The largest absolute Gasteiger partial charge is 0.364 e. The lowest BCUT2D eigenvalue weighted by molar-refractivity contribution is 0.281. The second-order valence-corrected chi connectivity index (χ2v) is 8.32. The van der Waals surface area contributed by atoms with Crippen molar-refractivity contribution in [3.05, 3.63) is 42.0 Å². The number of nitrogens with one attached hydrogen (secondary N) is 1. The van der Waals surface area contributed by atoms with Gasteiger partial charge in [-0.2, -0.15) is 0 Å². The number of aliphatic imine (C=N–C) groups is 1. The summed E-state index contributed by atoms with van der Waals surface area (Å²) < 4.78 is 0. The summed E-state index contributed by atoms with van der Waals surface area (Å²) >= 11 is 0. The molecular formula is C23H36IN5. The standard InChI is InChI=1S/C23H35N5.HI/c1-2-24-23(28-16-11-21(19-28)18-26-12-3-4-13-26)25-17-20-7-9-22(10-8-20)27-14-5-6-15-27;/h5-10,21H,2-4,11-19H2,1H3,(H,24,25);1H. The third-order valence-corrected chi connectivity index (χ3v) is 6.17. The molecule has 1 aromatic carbocycles. The van der Waals surface area contributed by atoms with E-state index in [1.807, 2.05) is 0 Å². The molecule has 160 valence electrons. The van der Waals surface area contributed by atoms with Gasteiger partial charge < -0.3 is 20.0 Å². The summed E-state index contributed by atoms with van der Waals surface area (Å²) in [4.78, 5) is 12.4. The van der Waals surface area contributed by atoms with Crippen molar-refractivity contribution < 1.29 is 0 Å². The first kappa shape index (κ1) is 22.4. The Morgan fingerprint density at radius 1 is 1.07 bits per heavy atom. The topological polar surface area (TPSA) is 34.1 Å². The number of hydrogen-bond acceptors (Lipinski definition) is 3. The van der Waals surface area contributed by atoms with Crippen LogP contribution in [0.1, 0.15) is 31.7 Å². The van der Waals surface area contributed by atoms with E-state index < -0.39 is 0 Å². The molecule has 4 rings (SSSR count). The molecule has 3 heterocycles. The molecule has 0 amide bonds. The highest BCUT2D eigenvalue weighted by molar-refractivity contribution is 14.0. The molecule has 3 aliphatic heterocycles. The summed E-state index contributed by atoms with van der Waals surface area (Å²) in [5.74, 6) is 1.87. The number of halogens is 1. The zero-order valence-electron chi connectivity index (χ0n) is 17.7. The average molecular weight is 509 g/mol. The van der Waals surface area contributed by atoms with Gasteiger partial charge in [0.25, 0.3) is 0 Å². The van der Waals surface area contributed by atoms with Gasteiger partial charge in [0.1, 0.15) is 0 Å². The van der Waals surface area contributed by atoms with E-state index in [0.717, 1.165) is 51.1 Å². The Labute approximate surface area is 193 Å². The molecule has 5 nitrogen and oxygen atoms in total. The Bertz CT molecular complexity index is 673. The molecule has 0 bridgehead atoms. The van der Waals surface area contributed by atoms with Crippen molar-refractivity contribution >= 4 is 35.6 Å². The van der Waals surface area contributed by atoms with Crippen molar-refractivity contribution in [2.45, 2.75) is 32.7 Å². The van der Waals surface area contributed by atoms with Gasteiger partial charge in [0.15, 0.2) is 5.96 Å². The highest BCUT2D eigenvalue weighted by atomic mass is 127. The fourth-order valence-electron chi connectivity index (χ4n) is 4.60. The summed E-state index contributed by atoms with van der Waals surface area (Å²) in [6.45, 7) is 12.0. The van der Waals surface area contributed by atoms with Crippen LogP contribution in [0, 0.1) is 5.92 Å². The van der Waals surface area contributed by atoms with Crippen LogP contribution in [0.2, 0.25) is 0 Å². The van der Waals surface area contributed by atoms with Gasteiger partial charge >= 0.3 is 0 Å². The van der Waals surface area contributed by atoms with E-state index in [4.69, 9.17) is 4.99 Å². The molecule has 6 heteroatoms. The number of hydrogen-bond donors (Lipinski definition) is 1. The Hall–Kier alpha value is -1.28. The SMILES string of the molecule is CCNC(=NCc1ccc(N2CC=CC2)cc1)N1CCC(CN2CCCC2)C1.I. The van der Waals surface area contributed by atoms with Crippen LogP contribution in [-0.4, -0.2) is 68.1 Å². The van der Waals surface area contributed by atoms with Crippen LogP contribution < -0.4 is 10.2 Å². The second-order valence-electron chi connectivity index (χ2n) is 8.32. The first-order valence-corrected chi connectivity index (χ1v) is 11.1. The summed E-state index contributed by atoms with van der Waals surface area (Å²) in [6.07, 6.45) is 8.52. The van der Waals surface area contributed by atoms with Gasteiger partial charge in [-0.25, -0.2) is 4.99 Å². The van der Waals surface area contributed by atoms with E-state index >= 15 is 0 Å². The van der Waals surface area contributed by atoms with Crippen molar-refractivity contribution in [3.8, 4) is 0 Å². The highest BCUT2D eigenvalue weighted by Crippen LogP contribution is 2.21. The molecule has 2 fully saturated rings. The molecule has 0 spiro atoms. The van der Waals surface area contributed by atoms with E-state index in [9.17, 15) is 0 Å². The fraction of sp³-hybridized carbons (Fsp3) is 0.609. The van der Waals surface area contributed by atoms with E-state index in [2.05, 4.69) is 63.4 Å². The van der Waals surface area contributed by atoms with Gasteiger partial charge in [0.05, 0.1) is 6.54 Å². The molecule has 0 aliphatic carbocycles. The van der Waals surface area contributed by atoms with Crippen molar-refractivity contribution in [2.24, 2.45) is 10.9 Å². The monoisotopic (exact) mass is 509 g/mol. The Kier molecular flexibility index (Phi) is 8.66. The molecule has 2 saturated heterocycles. The Morgan fingerprint density at radius 3 is 2.48 bits per heavy atom. The summed E-state index contributed by atoms with van der Waals surface area (Å²) in [5.41, 5.74) is 2.58. The molecule has 1 N–H and O–H groups in total. The summed E-state index contributed by atoms with van der Waals surface area (Å²) in [7, 11) is 0. The van der Waals surface area contributed by atoms with Crippen LogP contribution in [0.15, 0.2) is 41.4 Å². The zero-order chi connectivity index (χ0) is 19.2. The number of rotatable bonds is 6. The van der Waals surface area contributed by atoms with Crippen molar-refractivity contribution in [1.82, 2.24) is 15.1 Å². The number of likely N-dealkylation sites (tertiary alicyclic amines) is 2. The zero-order valence-corrected chi connectivity index (χ0v) is 20.1. The number of benzene rings is 1. The van der Waals surface area contributed by atoms with Crippen molar-refractivity contribution in [2.75, 3.05) is 57.3 Å². The van der Waals surface area contributed by atoms with Crippen molar-refractivity contribution in [1.29, 1.82) is 0 Å². The van der Waals surface area contributed by atoms with Crippen LogP contribution in [0.4, 0.5) is 5.69 Å². The third kappa shape index (κ3) is 6.10. The molecule has 0 saturated carbocycles. The van der Waals surface area contributed by atoms with E-state index in [1.165, 1.54) is 50.1 Å². The van der Waals surface area contributed by atoms with Gasteiger partial charge in [-0.05, 0) is 62.9 Å². The molecule has 0 aromatic heterocycles. The lowest BCUT2D eigenvalue weighted by Crippen LogP contribution is -2.40. The maximum absolute atomic E-state index is 4.95. The van der Waals surface area contributed by atoms with Crippen LogP contribution in [0.25, 0.3) is 0 Å². The summed E-state index contributed by atoms with van der Waals surface area (Å²) in [5, 5.41) is 3.51. The van der Waals surface area contributed by atoms with Gasteiger partial charge in [0, 0.05) is 45.0 Å². The minimum atomic E-state index is 0. The first-order valence-electron chi connectivity index (χ1n) is 11.1. The molecule has 1 unspecified atom stereocenters. The van der Waals surface area contributed by atoms with Gasteiger partial charge in [-0.3, -0.25) is 0 Å². The molecule has 0 radical (unpaired) electrons. The van der Waals surface area contributed by atoms with Gasteiger partial charge in [0.2, 0.25) is 0 Å². The smallest absolute Gasteiger partial charge is 0.194 e. The highest BCUT2D eigenvalue weighted by Gasteiger charge is 2.27. The van der Waals surface area contributed by atoms with Gasteiger partial charge in [-0.15, -0.1) is 24.0 Å².